The molecule has 0 saturated heterocycles. The lowest BCUT2D eigenvalue weighted by atomic mass is 10.1. The van der Waals surface area contributed by atoms with E-state index in [0.29, 0.717) is 28.9 Å². The van der Waals surface area contributed by atoms with Crippen molar-refractivity contribution in [1.82, 2.24) is 10.6 Å². The molecule has 8 heteroatoms. The highest BCUT2D eigenvalue weighted by Crippen LogP contribution is 2.11. The molecule has 0 aliphatic heterocycles. The molecule has 0 aliphatic rings. The standard InChI is InChI=1S/C20H21N3O4S/c1-3-11-21-17(24)15-5-4-6-16(12-15)22-20(28)23-18(25)13-7-9-14(10-8-13)19(26)27-2/h4-10,12H,3,11H2,1-2H3,(H,21,24)(H2,22,23,25,28). The van der Waals surface area contributed by atoms with Crippen molar-refractivity contribution in [2.75, 3.05) is 19.0 Å². The number of ether oxygens (including phenoxy) is 1. The minimum atomic E-state index is -0.480. The summed E-state index contributed by atoms with van der Waals surface area (Å²) in [5.41, 5.74) is 1.75. The second-order valence-corrected chi connectivity index (χ2v) is 6.22. The molecule has 28 heavy (non-hydrogen) atoms. The van der Waals surface area contributed by atoms with E-state index in [-0.39, 0.29) is 11.0 Å². The Bertz CT molecular complexity index is 881. The normalized spacial score (nSPS) is 9.93. The average molecular weight is 399 g/mol. The van der Waals surface area contributed by atoms with Gasteiger partial charge in [-0.3, -0.25) is 14.9 Å². The fourth-order valence-electron chi connectivity index (χ4n) is 2.29. The lowest BCUT2D eigenvalue weighted by molar-refractivity contribution is 0.0600. The predicted molar refractivity (Wildman–Crippen MR) is 111 cm³/mol. The smallest absolute Gasteiger partial charge is 0.337 e. The number of methoxy groups -OCH3 is 1. The Balaban J connectivity index is 1.97. The van der Waals surface area contributed by atoms with Crippen molar-refractivity contribution in [3.05, 3.63) is 65.2 Å². The molecule has 0 atom stereocenters. The molecule has 2 aromatic carbocycles. The van der Waals surface area contributed by atoms with Crippen LogP contribution in [0.4, 0.5) is 5.69 Å². The van der Waals surface area contributed by atoms with Crippen LogP contribution in [-0.2, 0) is 4.74 Å². The maximum absolute atomic E-state index is 12.3. The summed E-state index contributed by atoms with van der Waals surface area (Å²) in [5, 5.41) is 8.32. The Kier molecular flexibility index (Phi) is 7.65. The van der Waals surface area contributed by atoms with E-state index in [9.17, 15) is 14.4 Å². The van der Waals surface area contributed by atoms with E-state index < -0.39 is 11.9 Å². The predicted octanol–water partition coefficient (Wildman–Crippen LogP) is 2.74. The van der Waals surface area contributed by atoms with Gasteiger partial charge in [0.25, 0.3) is 11.8 Å². The Morgan fingerprint density at radius 2 is 1.64 bits per heavy atom. The van der Waals surface area contributed by atoms with Gasteiger partial charge in [0, 0.05) is 23.4 Å². The zero-order chi connectivity index (χ0) is 20.5. The summed E-state index contributed by atoms with van der Waals surface area (Å²) in [4.78, 5) is 35.7. The fourth-order valence-corrected chi connectivity index (χ4v) is 2.50. The monoisotopic (exact) mass is 399 g/mol. The maximum Gasteiger partial charge on any atom is 0.337 e. The number of hydrogen-bond donors (Lipinski definition) is 3. The Morgan fingerprint density at radius 1 is 0.964 bits per heavy atom. The summed E-state index contributed by atoms with van der Waals surface area (Å²) in [6, 6.07) is 12.8. The van der Waals surface area contributed by atoms with E-state index in [2.05, 4.69) is 20.7 Å². The number of nitrogens with one attached hydrogen (secondary N) is 3. The van der Waals surface area contributed by atoms with Crippen LogP contribution in [0.2, 0.25) is 0 Å². The molecule has 2 aromatic rings. The van der Waals surface area contributed by atoms with Crippen LogP contribution in [0.5, 0.6) is 0 Å². The first-order valence-electron chi connectivity index (χ1n) is 8.63. The second-order valence-electron chi connectivity index (χ2n) is 5.81. The topological polar surface area (TPSA) is 96.5 Å². The number of anilines is 1. The highest BCUT2D eigenvalue weighted by atomic mass is 32.1. The van der Waals surface area contributed by atoms with Crippen molar-refractivity contribution in [2.24, 2.45) is 0 Å². The van der Waals surface area contributed by atoms with Crippen molar-refractivity contribution in [3.8, 4) is 0 Å². The van der Waals surface area contributed by atoms with E-state index in [4.69, 9.17) is 12.2 Å². The number of esters is 1. The van der Waals surface area contributed by atoms with Gasteiger partial charge >= 0.3 is 5.97 Å². The summed E-state index contributed by atoms with van der Waals surface area (Å²) in [5.74, 6) is -1.08. The third-order valence-electron chi connectivity index (χ3n) is 3.71. The van der Waals surface area contributed by atoms with E-state index in [1.54, 1.807) is 24.3 Å². The van der Waals surface area contributed by atoms with Crippen molar-refractivity contribution in [2.45, 2.75) is 13.3 Å². The molecule has 0 unspecified atom stereocenters. The third-order valence-corrected chi connectivity index (χ3v) is 3.92. The largest absolute Gasteiger partial charge is 0.465 e. The molecule has 0 aromatic heterocycles. The van der Waals surface area contributed by atoms with E-state index >= 15 is 0 Å². The van der Waals surface area contributed by atoms with Crippen LogP contribution in [0.3, 0.4) is 0 Å². The number of amides is 2. The highest BCUT2D eigenvalue weighted by molar-refractivity contribution is 7.80. The van der Waals surface area contributed by atoms with Gasteiger partial charge in [-0.15, -0.1) is 0 Å². The Morgan fingerprint density at radius 3 is 2.29 bits per heavy atom. The number of thiocarbonyl (C=S) groups is 1. The minimum Gasteiger partial charge on any atom is -0.465 e. The van der Waals surface area contributed by atoms with E-state index in [0.717, 1.165) is 6.42 Å². The first-order chi connectivity index (χ1) is 13.4. The van der Waals surface area contributed by atoms with Gasteiger partial charge in [0.15, 0.2) is 5.11 Å². The zero-order valence-electron chi connectivity index (χ0n) is 15.6. The maximum atomic E-state index is 12.3. The molecule has 0 aliphatic carbocycles. The lowest BCUT2D eigenvalue weighted by Gasteiger charge is -2.11. The van der Waals surface area contributed by atoms with Gasteiger partial charge in [-0.25, -0.2) is 4.79 Å². The minimum absolute atomic E-state index is 0.0909. The van der Waals surface area contributed by atoms with Crippen molar-refractivity contribution in [3.63, 3.8) is 0 Å². The summed E-state index contributed by atoms with van der Waals surface area (Å²) >= 11 is 5.16. The van der Waals surface area contributed by atoms with Crippen LogP contribution in [-0.4, -0.2) is 36.6 Å². The van der Waals surface area contributed by atoms with Gasteiger partial charge in [0.05, 0.1) is 12.7 Å². The van der Waals surface area contributed by atoms with E-state index in [1.165, 1.54) is 31.4 Å². The van der Waals surface area contributed by atoms with Crippen molar-refractivity contribution < 1.29 is 19.1 Å². The molecule has 146 valence electrons. The molecular formula is C20H21N3O4S. The van der Waals surface area contributed by atoms with Crippen LogP contribution < -0.4 is 16.0 Å². The molecule has 0 radical (unpaired) electrons. The van der Waals surface area contributed by atoms with Crippen LogP contribution in [0.15, 0.2) is 48.5 Å². The van der Waals surface area contributed by atoms with E-state index in [1.807, 2.05) is 6.92 Å². The molecule has 3 N–H and O–H groups in total. The van der Waals surface area contributed by atoms with Crippen LogP contribution in [0, 0.1) is 0 Å². The number of carbonyl (C=O) groups is 3. The second kappa shape index (κ2) is 10.2. The molecule has 2 amide bonds. The number of hydrogen-bond acceptors (Lipinski definition) is 5. The molecular weight excluding hydrogens is 378 g/mol. The molecule has 2 rings (SSSR count). The summed E-state index contributed by atoms with van der Waals surface area (Å²) < 4.78 is 4.62. The van der Waals surface area contributed by atoms with Gasteiger partial charge in [0.2, 0.25) is 0 Å². The molecule has 0 bridgehead atoms. The summed E-state index contributed by atoms with van der Waals surface area (Å²) in [6.45, 7) is 2.57. The molecule has 0 saturated carbocycles. The number of benzene rings is 2. The van der Waals surface area contributed by atoms with Gasteiger partial charge < -0.3 is 15.4 Å². The molecule has 0 heterocycles. The lowest BCUT2D eigenvalue weighted by Crippen LogP contribution is -2.34. The number of rotatable bonds is 6. The van der Waals surface area contributed by atoms with Crippen molar-refractivity contribution in [1.29, 1.82) is 0 Å². The van der Waals surface area contributed by atoms with Gasteiger partial charge in [-0.1, -0.05) is 13.0 Å². The molecule has 0 spiro atoms. The SMILES string of the molecule is CCCNC(=O)c1cccc(NC(=S)NC(=O)c2ccc(C(=O)OC)cc2)c1. The van der Waals surface area contributed by atoms with Crippen LogP contribution in [0.25, 0.3) is 0 Å². The quantitative estimate of drug-likeness (QED) is 0.511. The highest BCUT2D eigenvalue weighted by Gasteiger charge is 2.11. The molecule has 7 nitrogen and oxygen atoms in total. The summed E-state index contributed by atoms with van der Waals surface area (Å²) in [6.07, 6.45) is 0.848. The fraction of sp³-hybridized carbons (Fsp3) is 0.200. The zero-order valence-corrected chi connectivity index (χ0v) is 16.4. The van der Waals surface area contributed by atoms with Gasteiger partial charge in [-0.2, -0.15) is 0 Å². The van der Waals surface area contributed by atoms with Crippen molar-refractivity contribution >= 4 is 40.8 Å². The van der Waals surface area contributed by atoms with Crippen LogP contribution >= 0.6 is 12.2 Å². The Labute approximate surface area is 168 Å². The average Bonchev–Trinajstić information content (AvgIpc) is 2.71. The molecule has 0 fully saturated rings. The first kappa shape index (κ1) is 21.0. The van der Waals surface area contributed by atoms with Gasteiger partial charge in [0.1, 0.15) is 0 Å². The third kappa shape index (κ3) is 5.88. The summed E-state index contributed by atoms with van der Waals surface area (Å²) in [7, 11) is 1.29. The number of carbonyl (C=O) groups excluding carboxylic acids is 3. The van der Waals surface area contributed by atoms with Crippen LogP contribution in [0.1, 0.15) is 44.4 Å². The first-order valence-corrected chi connectivity index (χ1v) is 9.04. The Hall–Kier alpha value is -3.26. The van der Waals surface area contributed by atoms with Gasteiger partial charge in [-0.05, 0) is 61.1 Å².